The molecule has 0 saturated carbocycles. The van der Waals surface area contributed by atoms with Crippen molar-refractivity contribution in [2.24, 2.45) is 5.11 Å². The van der Waals surface area contributed by atoms with Gasteiger partial charge >= 0.3 is 5.97 Å². The maximum absolute atomic E-state index is 13.4. The summed E-state index contributed by atoms with van der Waals surface area (Å²) in [6.45, 7) is 8.38. The van der Waals surface area contributed by atoms with Gasteiger partial charge in [-0.2, -0.15) is 0 Å². The molecule has 0 bridgehead atoms. The van der Waals surface area contributed by atoms with Gasteiger partial charge in [-0.05, 0) is 51.1 Å². The summed E-state index contributed by atoms with van der Waals surface area (Å²) in [6.07, 6.45) is -5.03. The number of ether oxygens (including phenoxy) is 6. The van der Waals surface area contributed by atoms with Crippen molar-refractivity contribution in [2.75, 3.05) is 26.9 Å². The average molecular weight is 796 g/mol. The van der Waals surface area contributed by atoms with E-state index in [-0.39, 0.29) is 56.6 Å². The van der Waals surface area contributed by atoms with Crippen LogP contribution in [0.3, 0.4) is 0 Å². The van der Waals surface area contributed by atoms with E-state index in [1.807, 2.05) is 91.0 Å². The number of azide groups is 1. The molecular weight excluding hydrogens is 743 g/mol. The van der Waals surface area contributed by atoms with E-state index in [9.17, 15) is 9.59 Å². The van der Waals surface area contributed by atoms with Gasteiger partial charge in [-0.15, -0.1) is 0 Å². The number of ketones is 1. The lowest BCUT2D eigenvalue weighted by Gasteiger charge is -2.48. The van der Waals surface area contributed by atoms with Gasteiger partial charge in [-0.3, -0.25) is 4.79 Å². The fraction of sp³-hybridized carbons (Fsp3) is 0.409. The third kappa shape index (κ3) is 11.6. The molecule has 302 valence electrons. The predicted molar refractivity (Wildman–Crippen MR) is 219 cm³/mol. The largest absolute Gasteiger partial charge is 0.497 e. The van der Waals surface area contributed by atoms with Crippen molar-refractivity contribution in [3.05, 3.63) is 137 Å². The van der Waals surface area contributed by atoms with Crippen molar-refractivity contribution in [3.63, 3.8) is 0 Å². The molecule has 0 N–H and O–H groups in total. The minimum absolute atomic E-state index is 0.00901. The van der Waals surface area contributed by atoms with Crippen LogP contribution < -0.4 is 15.1 Å². The molecule has 57 heavy (non-hydrogen) atoms. The Morgan fingerprint density at radius 3 is 1.86 bits per heavy atom. The Kier molecular flexibility index (Phi) is 16.0. The molecular formula is C44H53N3O9Si. The van der Waals surface area contributed by atoms with Crippen LogP contribution >= 0.6 is 0 Å². The Hall–Kier alpha value is -4.85. The first-order valence-electron chi connectivity index (χ1n) is 19.2. The minimum atomic E-state index is -3.08. The summed E-state index contributed by atoms with van der Waals surface area (Å²) in [5.41, 5.74) is 10.7. The van der Waals surface area contributed by atoms with E-state index in [0.717, 1.165) is 21.5 Å². The van der Waals surface area contributed by atoms with Crippen LogP contribution in [-0.2, 0) is 50.9 Å². The van der Waals surface area contributed by atoms with Gasteiger partial charge < -0.3 is 37.6 Å². The lowest BCUT2D eigenvalue weighted by molar-refractivity contribution is -0.318. The molecule has 0 unspecified atom stereocenters. The van der Waals surface area contributed by atoms with E-state index in [0.29, 0.717) is 5.75 Å². The smallest absolute Gasteiger partial charge is 0.306 e. The monoisotopic (exact) mass is 795 g/mol. The fourth-order valence-corrected chi connectivity index (χ4v) is 11.6. The predicted octanol–water partition coefficient (Wildman–Crippen LogP) is 7.08. The molecule has 0 aromatic heterocycles. The molecule has 0 aliphatic carbocycles. The van der Waals surface area contributed by atoms with Crippen LogP contribution in [0.4, 0.5) is 0 Å². The van der Waals surface area contributed by atoms with Gasteiger partial charge in [0, 0.05) is 17.9 Å². The van der Waals surface area contributed by atoms with Crippen LogP contribution in [0, 0.1) is 0 Å². The summed E-state index contributed by atoms with van der Waals surface area (Å²) in [6, 6.07) is 37.8. The zero-order valence-electron chi connectivity index (χ0n) is 33.3. The van der Waals surface area contributed by atoms with Crippen molar-refractivity contribution >= 4 is 30.4 Å². The van der Waals surface area contributed by atoms with E-state index < -0.39 is 45.0 Å². The Labute approximate surface area is 336 Å². The van der Waals surface area contributed by atoms with Crippen LogP contribution in [0.5, 0.6) is 5.75 Å². The van der Waals surface area contributed by atoms with Crippen molar-refractivity contribution in [1.29, 1.82) is 0 Å². The second-order valence-corrected chi connectivity index (χ2v) is 19.2. The van der Waals surface area contributed by atoms with Gasteiger partial charge in [0.2, 0.25) is 0 Å². The molecule has 0 spiro atoms. The first-order chi connectivity index (χ1) is 27.6. The van der Waals surface area contributed by atoms with Crippen LogP contribution in [0.25, 0.3) is 10.4 Å². The molecule has 4 aromatic rings. The van der Waals surface area contributed by atoms with E-state index in [1.54, 1.807) is 7.11 Å². The van der Waals surface area contributed by atoms with Crippen LogP contribution in [0.1, 0.15) is 51.7 Å². The zero-order valence-corrected chi connectivity index (χ0v) is 34.3. The highest BCUT2D eigenvalue weighted by Gasteiger charge is 2.54. The molecule has 5 atom stereocenters. The first kappa shape index (κ1) is 43.3. The molecule has 1 saturated heterocycles. The second-order valence-electron chi connectivity index (χ2n) is 14.9. The maximum atomic E-state index is 13.4. The Balaban J connectivity index is 1.59. The average Bonchev–Trinajstić information content (AvgIpc) is 3.22. The molecule has 1 aliphatic heterocycles. The van der Waals surface area contributed by atoms with Crippen molar-refractivity contribution in [1.82, 2.24) is 0 Å². The highest BCUT2D eigenvalue weighted by Crippen LogP contribution is 2.38. The summed E-state index contributed by atoms with van der Waals surface area (Å²) in [4.78, 5) is 28.1. The fourth-order valence-electron chi connectivity index (χ4n) is 7.06. The third-order valence-electron chi connectivity index (χ3n) is 9.84. The van der Waals surface area contributed by atoms with Gasteiger partial charge in [0.15, 0.2) is 12.4 Å². The van der Waals surface area contributed by atoms with E-state index in [2.05, 4.69) is 55.1 Å². The molecule has 1 heterocycles. The topological polar surface area (TPSA) is 148 Å². The van der Waals surface area contributed by atoms with Gasteiger partial charge in [0.1, 0.15) is 29.8 Å². The second kappa shape index (κ2) is 21.1. The minimum Gasteiger partial charge on any atom is -0.497 e. The summed E-state index contributed by atoms with van der Waals surface area (Å²) in [5.74, 6) is -0.0737. The lowest BCUT2D eigenvalue weighted by Crippen LogP contribution is -2.68. The number of hydrogen-bond donors (Lipinski definition) is 0. The Bertz CT molecular complexity index is 1850. The summed E-state index contributed by atoms with van der Waals surface area (Å²) >= 11 is 0. The molecule has 1 fully saturated rings. The van der Waals surface area contributed by atoms with Crippen LogP contribution in [0.15, 0.2) is 120 Å². The molecule has 12 nitrogen and oxygen atoms in total. The number of carbonyl (C=O) groups is 2. The van der Waals surface area contributed by atoms with Crippen molar-refractivity contribution in [3.8, 4) is 5.75 Å². The number of Topliss-reactive ketones (excluding diaryl/α,β-unsaturated/α-hetero) is 1. The van der Waals surface area contributed by atoms with E-state index in [4.69, 9.17) is 38.4 Å². The van der Waals surface area contributed by atoms with Crippen LogP contribution in [-0.4, -0.2) is 77.6 Å². The standard InChI is InChI=1S/C44H53N3O9Si/c1-32(48)21-26-39(49)56-42-41(53-30-34-22-24-35(50-5)25-23-34)40(52-29-33-15-9-6-10-16-33)38(55-43(42)51-28-27-46-47-45)31-54-57(44(2,3)4,36-17-11-7-12-18-36)37-19-13-8-14-20-37/h6-20,22-25,38,40-43H,21,26-31H2,1-5H3/t38-,40-,41+,42+,43+/m1/s1. The molecule has 4 aromatic carbocycles. The van der Waals surface area contributed by atoms with Crippen LogP contribution in [0.2, 0.25) is 5.04 Å². The lowest BCUT2D eigenvalue weighted by atomic mass is 9.98. The number of benzene rings is 4. The number of nitrogens with zero attached hydrogens (tertiary/aromatic N) is 3. The number of hydrogen-bond acceptors (Lipinski definition) is 10. The summed E-state index contributed by atoms with van der Waals surface area (Å²) in [7, 11) is -1.47. The van der Waals surface area contributed by atoms with E-state index >= 15 is 0 Å². The van der Waals surface area contributed by atoms with E-state index in [1.165, 1.54) is 6.92 Å². The highest BCUT2D eigenvalue weighted by molar-refractivity contribution is 6.99. The SMILES string of the molecule is COc1ccc(CO[C@@H]2[C@H](OC(=O)CCC(C)=O)[C@@H](OCCN=[N+]=[N-])O[C@H](CO[Si](c3ccccc3)(c3ccccc3)C(C)(C)C)[C@H]2OCc2ccccc2)cc1. The van der Waals surface area contributed by atoms with Gasteiger partial charge in [0.05, 0.1) is 40.0 Å². The third-order valence-corrected chi connectivity index (χ3v) is 14.8. The van der Waals surface area contributed by atoms with Crippen molar-refractivity contribution in [2.45, 2.75) is 89.5 Å². The maximum Gasteiger partial charge on any atom is 0.306 e. The number of esters is 1. The normalized spacial score (nSPS) is 19.6. The molecule has 1 aliphatic rings. The first-order valence-corrected chi connectivity index (χ1v) is 21.1. The Morgan fingerprint density at radius 2 is 1.32 bits per heavy atom. The molecule has 5 rings (SSSR count). The van der Waals surface area contributed by atoms with Crippen molar-refractivity contribution < 1.29 is 42.4 Å². The summed E-state index contributed by atoms with van der Waals surface area (Å²) in [5, 5.41) is 5.47. The molecule has 0 radical (unpaired) electrons. The number of carbonyl (C=O) groups excluding carboxylic acids is 2. The van der Waals surface area contributed by atoms with Gasteiger partial charge in [0.25, 0.3) is 8.32 Å². The molecule has 0 amide bonds. The summed E-state index contributed by atoms with van der Waals surface area (Å²) < 4.78 is 45.4. The van der Waals surface area contributed by atoms with Gasteiger partial charge in [-0.1, -0.05) is 129 Å². The number of rotatable bonds is 20. The van der Waals surface area contributed by atoms with Gasteiger partial charge in [-0.25, -0.2) is 0 Å². The zero-order chi connectivity index (χ0) is 40.7. The molecule has 13 heteroatoms. The quantitative estimate of drug-likeness (QED) is 0.0229. The number of methoxy groups -OCH3 is 1. The highest BCUT2D eigenvalue weighted by atomic mass is 28.4. The Morgan fingerprint density at radius 1 is 0.754 bits per heavy atom.